The third kappa shape index (κ3) is 3.98. The lowest BCUT2D eigenvalue weighted by Crippen LogP contribution is -2.26. The van der Waals surface area contributed by atoms with Crippen molar-refractivity contribution in [2.75, 3.05) is 18.0 Å². The van der Waals surface area contributed by atoms with E-state index in [0.717, 1.165) is 37.2 Å². The Hall–Kier alpha value is -2.69. The molecule has 124 valence electrons. The number of nitrogens with zero attached hydrogens (tertiary/aromatic N) is 2. The SMILES string of the molecule is O=C(NCCCc1ccccn1)c1cccc(N2CCCC2=O)c1. The average Bonchev–Trinajstić information content (AvgIpc) is 3.05. The van der Waals surface area contributed by atoms with E-state index < -0.39 is 0 Å². The number of aryl methyl sites for hydroxylation is 1. The minimum atomic E-state index is -0.107. The minimum Gasteiger partial charge on any atom is -0.352 e. The van der Waals surface area contributed by atoms with Gasteiger partial charge in [0.25, 0.3) is 5.91 Å². The van der Waals surface area contributed by atoms with Crippen molar-refractivity contribution in [2.24, 2.45) is 0 Å². The molecule has 2 aromatic rings. The Labute approximate surface area is 141 Å². The fourth-order valence-corrected chi connectivity index (χ4v) is 2.86. The highest BCUT2D eigenvalue weighted by atomic mass is 16.2. The molecule has 0 saturated carbocycles. The van der Waals surface area contributed by atoms with Crippen LogP contribution in [-0.2, 0) is 11.2 Å². The maximum Gasteiger partial charge on any atom is 0.251 e. The zero-order valence-corrected chi connectivity index (χ0v) is 13.6. The number of rotatable bonds is 6. The molecule has 0 unspecified atom stereocenters. The van der Waals surface area contributed by atoms with Gasteiger partial charge >= 0.3 is 0 Å². The van der Waals surface area contributed by atoms with Crippen molar-refractivity contribution < 1.29 is 9.59 Å². The number of benzene rings is 1. The molecular formula is C19H21N3O2. The molecule has 1 aromatic carbocycles. The van der Waals surface area contributed by atoms with Crippen LogP contribution in [0.2, 0.25) is 0 Å². The largest absolute Gasteiger partial charge is 0.352 e. The van der Waals surface area contributed by atoms with Gasteiger partial charge in [-0.2, -0.15) is 0 Å². The first kappa shape index (κ1) is 16.2. The van der Waals surface area contributed by atoms with Gasteiger partial charge in [0.15, 0.2) is 0 Å². The van der Waals surface area contributed by atoms with Gasteiger partial charge < -0.3 is 10.2 Å². The Balaban J connectivity index is 1.52. The van der Waals surface area contributed by atoms with Crippen LogP contribution in [0.4, 0.5) is 5.69 Å². The monoisotopic (exact) mass is 323 g/mol. The minimum absolute atomic E-state index is 0.107. The fraction of sp³-hybridized carbons (Fsp3) is 0.316. The van der Waals surface area contributed by atoms with Gasteiger partial charge in [-0.05, 0) is 49.6 Å². The van der Waals surface area contributed by atoms with Crippen molar-refractivity contribution in [1.82, 2.24) is 10.3 Å². The summed E-state index contributed by atoms with van der Waals surface area (Å²) in [5.74, 6) is 0.0208. The molecule has 0 aliphatic carbocycles. The van der Waals surface area contributed by atoms with Crippen LogP contribution in [-0.4, -0.2) is 29.9 Å². The van der Waals surface area contributed by atoms with Crippen LogP contribution in [0.1, 0.15) is 35.3 Å². The van der Waals surface area contributed by atoms with Crippen molar-refractivity contribution in [3.05, 3.63) is 59.9 Å². The van der Waals surface area contributed by atoms with Crippen LogP contribution >= 0.6 is 0 Å². The summed E-state index contributed by atoms with van der Waals surface area (Å²) in [4.78, 5) is 30.1. The molecule has 5 nitrogen and oxygen atoms in total. The summed E-state index contributed by atoms with van der Waals surface area (Å²) < 4.78 is 0. The van der Waals surface area contributed by atoms with Gasteiger partial charge in [0.05, 0.1) is 0 Å². The molecular weight excluding hydrogens is 302 g/mol. The molecule has 0 atom stereocenters. The zero-order chi connectivity index (χ0) is 16.8. The Bertz CT molecular complexity index is 716. The molecule has 2 amide bonds. The third-order valence-electron chi connectivity index (χ3n) is 4.11. The Morgan fingerprint density at radius 2 is 2.12 bits per heavy atom. The topological polar surface area (TPSA) is 62.3 Å². The third-order valence-corrected chi connectivity index (χ3v) is 4.11. The second-order valence-electron chi connectivity index (χ2n) is 5.88. The molecule has 1 aliphatic heterocycles. The van der Waals surface area contributed by atoms with Crippen molar-refractivity contribution in [2.45, 2.75) is 25.7 Å². The second-order valence-corrected chi connectivity index (χ2v) is 5.88. The molecule has 0 bridgehead atoms. The summed E-state index contributed by atoms with van der Waals surface area (Å²) in [5, 5.41) is 2.93. The van der Waals surface area contributed by atoms with E-state index in [1.807, 2.05) is 30.3 Å². The summed E-state index contributed by atoms with van der Waals surface area (Å²) in [6.07, 6.45) is 4.92. The number of carbonyl (C=O) groups excluding carboxylic acids is 2. The molecule has 0 spiro atoms. The highest BCUT2D eigenvalue weighted by Crippen LogP contribution is 2.22. The van der Waals surface area contributed by atoms with Gasteiger partial charge in [-0.25, -0.2) is 0 Å². The van der Waals surface area contributed by atoms with E-state index in [-0.39, 0.29) is 11.8 Å². The van der Waals surface area contributed by atoms with Crippen molar-refractivity contribution >= 4 is 17.5 Å². The maximum atomic E-state index is 12.3. The molecule has 3 rings (SSSR count). The van der Waals surface area contributed by atoms with Crippen LogP contribution in [0.5, 0.6) is 0 Å². The summed E-state index contributed by atoms with van der Waals surface area (Å²) in [6, 6.07) is 13.1. The van der Waals surface area contributed by atoms with E-state index in [2.05, 4.69) is 10.3 Å². The van der Waals surface area contributed by atoms with Gasteiger partial charge in [0, 0.05) is 42.7 Å². The number of nitrogens with one attached hydrogen (secondary N) is 1. The first-order valence-electron chi connectivity index (χ1n) is 8.32. The molecule has 24 heavy (non-hydrogen) atoms. The molecule has 0 radical (unpaired) electrons. The molecule has 1 N–H and O–H groups in total. The van der Waals surface area contributed by atoms with E-state index in [1.165, 1.54) is 0 Å². The zero-order valence-electron chi connectivity index (χ0n) is 13.6. The number of amides is 2. The number of pyridine rings is 1. The van der Waals surface area contributed by atoms with Crippen LogP contribution in [0.25, 0.3) is 0 Å². The Morgan fingerprint density at radius 1 is 1.21 bits per heavy atom. The Morgan fingerprint density at radius 3 is 2.88 bits per heavy atom. The fourth-order valence-electron chi connectivity index (χ4n) is 2.86. The van der Waals surface area contributed by atoms with E-state index >= 15 is 0 Å². The lowest BCUT2D eigenvalue weighted by atomic mass is 10.1. The van der Waals surface area contributed by atoms with E-state index in [1.54, 1.807) is 23.2 Å². The van der Waals surface area contributed by atoms with E-state index in [9.17, 15) is 9.59 Å². The number of anilines is 1. The molecule has 1 fully saturated rings. The number of hydrogen-bond donors (Lipinski definition) is 1. The number of aromatic nitrogens is 1. The van der Waals surface area contributed by atoms with Crippen molar-refractivity contribution in [3.63, 3.8) is 0 Å². The van der Waals surface area contributed by atoms with E-state index in [4.69, 9.17) is 0 Å². The predicted octanol–water partition coefficient (Wildman–Crippen LogP) is 2.57. The highest BCUT2D eigenvalue weighted by Gasteiger charge is 2.22. The van der Waals surface area contributed by atoms with Gasteiger partial charge in [0.1, 0.15) is 0 Å². The van der Waals surface area contributed by atoms with Crippen molar-refractivity contribution in [3.8, 4) is 0 Å². The lowest BCUT2D eigenvalue weighted by molar-refractivity contribution is -0.117. The molecule has 1 saturated heterocycles. The lowest BCUT2D eigenvalue weighted by Gasteiger charge is -2.16. The summed E-state index contributed by atoms with van der Waals surface area (Å²) >= 11 is 0. The van der Waals surface area contributed by atoms with Gasteiger partial charge in [-0.1, -0.05) is 12.1 Å². The highest BCUT2D eigenvalue weighted by molar-refractivity contribution is 5.99. The average molecular weight is 323 g/mol. The number of hydrogen-bond acceptors (Lipinski definition) is 3. The predicted molar refractivity (Wildman–Crippen MR) is 92.9 cm³/mol. The molecule has 2 heterocycles. The van der Waals surface area contributed by atoms with E-state index in [0.29, 0.717) is 18.5 Å². The van der Waals surface area contributed by atoms with Crippen LogP contribution in [0, 0.1) is 0 Å². The second kappa shape index (κ2) is 7.73. The Kier molecular flexibility index (Phi) is 5.21. The summed E-state index contributed by atoms with van der Waals surface area (Å²) in [5.41, 5.74) is 2.42. The molecule has 1 aliphatic rings. The van der Waals surface area contributed by atoms with Crippen LogP contribution < -0.4 is 10.2 Å². The smallest absolute Gasteiger partial charge is 0.251 e. The normalized spacial score (nSPS) is 14.0. The molecule has 1 aromatic heterocycles. The van der Waals surface area contributed by atoms with Gasteiger partial charge in [-0.15, -0.1) is 0 Å². The summed E-state index contributed by atoms with van der Waals surface area (Å²) in [7, 11) is 0. The first-order valence-corrected chi connectivity index (χ1v) is 8.32. The first-order chi connectivity index (χ1) is 11.7. The molecule has 5 heteroatoms. The van der Waals surface area contributed by atoms with Crippen LogP contribution in [0.3, 0.4) is 0 Å². The number of carbonyl (C=O) groups is 2. The standard InChI is InChI=1S/C19H21N3O2/c23-18-10-5-13-22(18)17-9-3-6-15(14-17)19(24)21-12-4-8-16-7-1-2-11-20-16/h1-3,6-7,9,11,14H,4-5,8,10,12-13H2,(H,21,24). The van der Waals surface area contributed by atoms with Gasteiger partial charge in [-0.3, -0.25) is 14.6 Å². The quantitative estimate of drug-likeness (QED) is 0.831. The summed E-state index contributed by atoms with van der Waals surface area (Å²) in [6.45, 7) is 1.33. The van der Waals surface area contributed by atoms with Gasteiger partial charge in [0.2, 0.25) is 5.91 Å². The van der Waals surface area contributed by atoms with Crippen molar-refractivity contribution in [1.29, 1.82) is 0 Å². The maximum absolute atomic E-state index is 12.3. The van der Waals surface area contributed by atoms with Crippen LogP contribution in [0.15, 0.2) is 48.7 Å².